The Morgan fingerprint density at radius 3 is 3.24 bits per heavy atom. The lowest BCUT2D eigenvalue weighted by Crippen LogP contribution is -2.37. The first-order valence-corrected chi connectivity index (χ1v) is 5.94. The molecule has 0 radical (unpaired) electrons. The molecule has 1 fully saturated rings. The highest BCUT2D eigenvalue weighted by molar-refractivity contribution is 5.77. The second kappa shape index (κ2) is 9.35. The molecule has 6 heteroatoms. The maximum absolute atomic E-state index is 11.4. The maximum atomic E-state index is 11.4. The van der Waals surface area contributed by atoms with Gasteiger partial charge in [0.05, 0.1) is 26.4 Å². The summed E-state index contributed by atoms with van der Waals surface area (Å²) in [5.41, 5.74) is 0. The zero-order valence-corrected chi connectivity index (χ0v) is 10.4. The van der Waals surface area contributed by atoms with Gasteiger partial charge < -0.3 is 24.8 Å². The van der Waals surface area contributed by atoms with Crippen molar-refractivity contribution in [3.8, 4) is 0 Å². The van der Waals surface area contributed by atoms with E-state index in [0.29, 0.717) is 32.3 Å². The van der Waals surface area contributed by atoms with Gasteiger partial charge in [0.2, 0.25) is 5.91 Å². The highest BCUT2D eigenvalue weighted by Crippen LogP contribution is 1.97. The molecule has 0 aromatic heterocycles. The number of carbonyl (C=O) groups excluding carboxylic acids is 1. The van der Waals surface area contributed by atoms with E-state index in [9.17, 15) is 4.79 Å². The second-order valence-corrected chi connectivity index (χ2v) is 3.99. The van der Waals surface area contributed by atoms with Crippen LogP contribution < -0.4 is 10.6 Å². The van der Waals surface area contributed by atoms with E-state index in [0.717, 1.165) is 19.7 Å². The molecule has 1 aliphatic heterocycles. The van der Waals surface area contributed by atoms with Gasteiger partial charge in [0.15, 0.2) is 0 Å². The summed E-state index contributed by atoms with van der Waals surface area (Å²) < 4.78 is 15.3. The molecule has 1 heterocycles. The van der Waals surface area contributed by atoms with Crippen LogP contribution in [0.4, 0.5) is 0 Å². The van der Waals surface area contributed by atoms with Gasteiger partial charge in [-0.15, -0.1) is 0 Å². The molecule has 0 aromatic carbocycles. The number of hydrogen-bond acceptors (Lipinski definition) is 5. The van der Waals surface area contributed by atoms with Crippen LogP contribution in [-0.2, 0) is 19.0 Å². The molecule has 0 bridgehead atoms. The zero-order chi connectivity index (χ0) is 12.3. The maximum Gasteiger partial charge on any atom is 0.246 e. The molecule has 0 aromatic rings. The van der Waals surface area contributed by atoms with Crippen LogP contribution in [0.1, 0.15) is 0 Å². The van der Waals surface area contributed by atoms with Crippen molar-refractivity contribution < 1.29 is 19.0 Å². The summed E-state index contributed by atoms with van der Waals surface area (Å²) in [5, 5.41) is 6.09. The smallest absolute Gasteiger partial charge is 0.246 e. The number of hydrogen-bond donors (Lipinski definition) is 2. The van der Waals surface area contributed by atoms with E-state index in [-0.39, 0.29) is 12.5 Å². The van der Waals surface area contributed by atoms with Crippen molar-refractivity contribution in [3.05, 3.63) is 0 Å². The van der Waals surface area contributed by atoms with Crippen molar-refractivity contribution in [1.29, 1.82) is 0 Å². The highest BCUT2D eigenvalue weighted by atomic mass is 16.5. The van der Waals surface area contributed by atoms with Gasteiger partial charge in [0.1, 0.15) is 6.61 Å². The van der Waals surface area contributed by atoms with Crippen molar-refractivity contribution in [2.45, 2.75) is 0 Å². The number of carbonyl (C=O) groups is 1. The van der Waals surface area contributed by atoms with Gasteiger partial charge in [-0.1, -0.05) is 0 Å². The van der Waals surface area contributed by atoms with Crippen LogP contribution in [0.25, 0.3) is 0 Å². The Bertz CT molecular complexity index is 206. The molecule has 100 valence electrons. The van der Waals surface area contributed by atoms with Crippen molar-refractivity contribution in [3.63, 3.8) is 0 Å². The van der Waals surface area contributed by atoms with Gasteiger partial charge in [0, 0.05) is 32.7 Å². The molecule has 0 aliphatic carbocycles. The quantitative estimate of drug-likeness (QED) is 0.564. The van der Waals surface area contributed by atoms with Crippen molar-refractivity contribution in [2.24, 2.45) is 5.92 Å². The van der Waals surface area contributed by atoms with Gasteiger partial charge in [0.25, 0.3) is 0 Å². The Balaban J connectivity index is 2.01. The Hall–Kier alpha value is -0.690. The summed E-state index contributed by atoms with van der Waals surface area (Å²) in [7, 11) is 1.60. The summed E-state index contributed by atoms with van der Waals surface area (Å²) in [6.45, 7) is 4.85. The zero-order valence-electron chi connectivity index (χ0n) is 10.4. The molecule has 1 saturated heterocycles. The summed E-state index contributed by atoms with van der Waals surface area (Å²) in [6, 6.07) is 0. The molecule has 2 N–H and O–H groups in total. The predicted molar refractivity (Wildman–Crippen MR) is 62.9 cm³/mol. The summed E-state index contributed by atoms with van der Waals surface area (Å²) in [5.74, 6) is 0.241. The van der Waals surface area contributed by atoms with Crippen molar-refractivity contribution >= 4 is 5.91 Å². The molecule has 0 spiro atoms. The van der Waals surface area contributed by atoms with Gasteiger partial charge in [-0.2, -0.15) is 0 Å². The standard InChI is InChI=1S/C11H22N2O4/c1-15-4-5-17-9-11(14)13-7-10-6-12-2-3-16-8-10/h10,12H,2-9H2,1H3,(H,13,14). The third kappa shape index (κ3) is 7.27. The number of ether oxygens (including phenoxy) is 3. The fourth-order valence-corrected chi connectivity index (χ4v) is 1.51. The van der Waals surface area contributed by atoms with Gasteiger partial charge in [-0.05, 0) is 0 Å². The predicted octanol–water partition coefficient (Wildman–Crippen LogP) is -0.998. The Kier molecular flexibility index (Phi) is 7.91. The summed E-state index contributed by atoms with van der Waals surface area (Å²) in [6.07, 6.45) is 0. The monoisotopic (exact) mass is 246 g/mol. The van der Waals surface area contributed by atoms with E-state index in [1.165, 1.54) is 0 Å². The second-order valence-electron chi connectivity index (χ2n) is 3.99. The highest BCUT2D eigenvalue weighted by Gasteiger charge is 2.13. The number of rotatable bonds is 7. The fraction of sp³-hybridized carbons (Fsp3) is 0.909. The van der Waals surface area contributed by atoms with Crippen LogP contribution in [0.3, 0.4) is 0 Å². The normalized spacial score (nSPS) is 20.9. The van der Waals surface area contributed by atoms with Gasteiger partial charge >= 0.3 is 0 Å². The minimum Gasteiger partial charge on any atom is -0.382 e. The van der Waals surface area contributed by atoms with Crippen LogP contribution in [0, 0.1) is 5.92 Å². The van der Waals surface area contributed by atoms with Crippen LogP contribution in [0.5, 0.6) is 0 Å². The lowest BCUT2D eigenvalue weighted by atomic mass is 10.1. The molecule has 1 unspecified atom stereocenters. The third-order valence-electron chi connectivity index (χ3n) is 2.46. The lowest BCUT2D eigenvalue weighted by Gasteiger charge is -2.14. The van der Waals surface area contributed by atoms with Crippen LogP contribution in [0.2, 0.25) is 0 Å². The molecule has 1 aliphatic rings. The topological polar surface area (TPSA) is 68.8 Å². The van der Waals surface area contributed by atoms with Crippen LogP contribution >= 0.6 is 0 Å². The Morgan fingerprint density at radius 2 is 2.41 bits per heavy atom. The molecule has 6 nitrogen and oxygen atoms in total. The largest absolute Gasteiger partial charge is 0.382 e. The number of methoxy groups -OCH3 is 1. The summed E-state index contributed by atoms with van der Waals surface area (Å²) >= 11 is 0. The SMILES string of the molecule is COCCOCC(=O)NCC1CNCCOC1. The average molecular weight is 246 g/mol. The van der Waals surface area contributed by atoms with E-state index < -0.39 is 0 Å². The van der Waals surface area contributed by atoms with E-state index >= 15 is 0 Å². The minimum atomic E-state index is -0.0923. The molecule has 0 saturated carbocycles. The molecule has 1 atom stereocenters. The molecule has 1 rings (SSSR count). The Labute approximate surface area is 102 Å². The van der Waals surface area contributed by atoms with Crippen LogP contribution in [0.15, 0.2) is 0 Å². The average Bonchev–Trinajstić information content (AvgIpc) is 2.60. The first-order valence-electron chi connectivity index (χ1n) is 5.94. The third-order valence-corrected chi connectivity index (χ3v) is 2.46. The molecule has 17 heavy (non-hydrogen) atoms. The van der Waals surface area contributed by atoms with Crippen LogP contribution in [-0.4, -0.2) is 65.7 Å². The van der Waals surface area contributed by atoms with Crippen molar-refractivity contribution in [2.75, 3.05) is 59.8 Å². The molecular formula is C11H22N2O4. The molecular weight excluding hydrogens is 224 g/mol. The number of nitrogens with one attached hydrogen (secondary N) is 2. The van der Waals surface area contributed by atoms with Crippen molar-refractivity contribution in [1.82, 2.24) is 10.6 Å². The number of amides is 1. The van der Waals surface area contributed by atoms with Gasteiger partial charge in [-0.3, -0.25) is 4.79 Å². The van der Waals surface area contributed by atoms with E-state index in [1.54, 1.807) is 7.11 Å². The fourth-order valence-electron chi connectivity index (χ4n) is 1.51. The Morgan fingerprint density at radius 1 is 1.53 bits per heavy atom. The van der Waals surface area contributed by atoms with Gasteiger partial charge in [-0.25, -0.2) is 0 Å². The van der Waals surface area contributed by atoms with E-state index in [4.69, 9.17) is 14.2 Å². The van der Waals surface area contributed by atoms with E-state index in [1.807, 2.05) is 0 Å². The van der Waals surface area contributed by atoms with E-state index in [2.05, 4.69) is 10.6 Å². The summed E-state index contributed by atoms with van der Waals surface area (Å²) in [4.78, 5) is 11.4. The molecule has 1 amide bonds. The lowest BCUT2D eigenvalue weighted by molar-refractivity contribution is -0.126. The first kappa shape index (κ1) is 14.4. The first-order chi connectivity index (χ1) is 8.33. The minimum absolute atomic E-state index is 0.0877.